The number of amides is 1. The molecule has 1 N–H and O–H groups in total. The van der Waals surface area contributed by atoms with E-state index in [1.807, 2.05) is 0 Å². The molecule has 0 spiro atoms. The molecule has 3 rings (SSSR count). The van der Waals surface area contributed by atoms with Crippen molar-refractivity contribution in [3.8, 4) is 5.75 Å². The molecular formula is C20H13F7N2O2. The molecule has 2 aromatic carbocycles. The van der Waals surface area contributed by atoms with Crippen LogP contribution in [0.4, 0.5) is 36.4 Å². The number of anilines is 1. The standard InChI is InChI=1S/C20H13F7N2O2/c1-31-12-6-4-11(5-7-12)17(30)29-15-9-8-14(13-3-2-10-28-16(13)15)18(21,19(22,23)24)20(25,26)27/h2-10H,1H3,(H,29,30). The lowest BCUT2D eigenvalue weighted by Gasteiger charge is -2.31. The summed E-state index contributed by atoms with van der Waals surface area (Å²) in [4.78, 5) is 16.2. The van der Waals surface area contributed by atoms with Crippen LogP contribution in [0.3, 0.4) is 0 Å². The summed E-state index contributed by atoms with van der Waals surface area (Å²) in [6.45, 7) is 0. The quantitative estimate of drug-likeness (QED) is 0.517. The Kier molecular flexibility index (Phi) is 5.55. The number of rotatable bonds is 4. The summed E-state index contributed by atoms with van der Waals surface area (Å²) in [6, 6.07) is 8.79. The summed E-state index contributed by atoms with van der Waals surface area (Å²) in [7, 11) is 1.42. The molecule has 0 fully saturated rings. The fourth-order valence-corrected chi connectivity index (χ4v) is 2.98. The van der Waals surface area contributed by atoms with Crippen molar-refractivity contribution in [3.05, 3.63) is 65.9 Å². The lowest BCUT2D eigenvalue weighted by atomic mass is 9.90. The van der Waals surface area contributed by atoms with Crippen LogP contribution in [0.15, 0.2) is 54.7 Å². The van der Waals surface area contributed by atoms with E-state index in [0.29, 0.717) is 11.8 Å². The summed E-state index contributed by atoms with van der Waals surface area (Å²) in [6.07, 6.45) is -11.5. The lowest BCUT2D eigenvalue weighted by molar-refractivity contribution is -0.348. The van der Waals surface area contributed by atoms with E-state index in [1.165, 1.54) is 31.4 Å². The molecule has 0 aliphatic rings. The second kappa shape index (κ2) is 7.71. The normalized spacial score (nSPS) is 12.6. The molecule has 31 heavy (non-hydrogen) atoms. The number of alkyl halides is 7. The van der Waals surface area contributed by atoms with E-state index in [1.54, 1.807) is 0 Å². The van der Waals surface area contributed by atoms with Crippen LogP contribution in [0.1, 0.15) is 15.9 Å². The maximum atomic E-state index is 14.6. The number of methoxy groups -OCH3 is 1. The Morgan fingerprint density at radius 2 is 1.52 bits per heavy atom. The maximum absolute atomic E-state index is 14.6. The Morgan fingerprint density at radius 3 is 2.06 bits per heavy atom. The maximum Gasteiger partial charge on any atom is 0.435 e. The zero-order valence-electron chi connectivity index (χ0n) is 15.6. The molecular weight excluding hydrogens is 433 g/mol. The minimum atomic E-state index is -6.28. The Labute approximate surface area is 170 Å². The van der Waals surface area contributed by atoms with Gasteiger partial charge in [0.2, 0.25) is 0 Å². The fraction of sp³-hybridized carbons (Fsp3) is 0.200. The van der Waals surface area contributed by atoms with Crippen LogP contribution in [-0.2, 0) is 5.67 Å². The molecule has 0 aliphatic heterocycles. The van der Waals surface area contributed by atoms with E-state index in [0.717, 1.165) is 24.4 Å². The molecule has 1 aromatic heterocycles. The van der Waals surface area contributed by atoms with Gasteiger partial charge < -0.3 is 10.1 Å². The van der Waals surface area contributed by atoms with E-state index >= 15 is 0 Å². The highest BCUT2D eigenvalue weighted by atomic mass is 19.4. The van der Waals surface area contributed by atoms with Crippen molar-refractivity contribution in [2.24, 2.45) is 0 Å². The predicted molar refractivity (Wildman–Crippen MR) is 97.6 cm³/mol. The van der Waals surface area contributed by atoms with E-state index in [4.69, 9.17) is 4.74 Å². The average molecular weight is 446 g/mol. The van der Waals surface area contributed by atoms with Crippen molar-refractivity contribution in [2.45, 2.75) is 18.0 Å². The van der Waals surface area contributed by atoms with Crippen molar-refractivity contribution >= 4 is 22.5 Å². The van der Waals surface area contributed by atoms with Gasteiger partial charge in [-0.1, -0.05) is 12.1 Å². The van der Waals surface area contributed by atoms with E-state index in [-0.39, 0.29) is 11.3 Å². The molecule has 3 aromatic rings. The summed E-state index contributed by atoms with van der Waals surface area (Å²) in [5, 5.41) is 1.62. The number of carbonyl (C=O) groups excluding carboxylic acids is 1. The van der Waals surface area contributed by atoms with Gasteiger partial charge in [0.15, 0.2) is 0 Å². The second-order valence-corrected chi connectivity index (χ2v) is 6.40. The number of hydrogen-bond acceptors (Lipinski definition) is 3. The minimum Gasteiger partial charge on any atom is -0.497 e. The molecule has 0 aliphatic carbocycles. The third kappa shape index (κ3) is 3.87. The number of aromatic nitrogens is 1. The third-order valence-corrected chi connectivity index (χ3v) is 4.52. The smallest absolute Gasteiger partial charge is 0.435 e. The number of nitrogens with one attached hydrogen (secondary N) is 1. The number of ether oxygens (including phenoxy) is 1. The molecule has 0 saturated carbocycles. The van der Waals surface area contributed by atoms with Gasteiger partial charge in [0.25, 0.3) is 5.91 Å². The van der Waals surface area contributed by atoms with E-state index in [9.17, 15) is 35.5 Å². The Hall–Kier alpha value is -3.37. The highest BCUT2D eigenvalue weighted by Crippen LogP contribution is 2.54. The van der Waals surface area contributed by atoms with Crippen LogP contribution < -0.4 is 10.1 Å². The largest absolute Gasteiger partial charge is 0.497 e. The number of fused-ring (bicyclic) bond motifs is 1. The van der Waals surface area contributed by atoms with Gasteiger partial charge in [0.05, 0.1) is 18.3 Å². The van der Waals surface area contributed by atoms with Crippen LogP contribution in [0.5, 0.6) is 5.75 Å². The number of carbonyl (C=O) groups is 1. The molecule has 0 unspecified atom stereocenters. The summed E-state index contributed by atoms with van der Waals surface area (Å²) >= 11 is 0. The average Bonchev–Trinajstić information content (AvgIpc) is 2.72. The first-order valence-electron chi connectivity index (χ1n) is 8.56. The first kappa shape index (κ1) is 22.3. The molecule has 1 amide bonds. The molecule has 0 radical (unpaired) electrons. The number of benzene rings is 2. The SMILES string of the molecule is COc1ccc(C(=O)Nc2ccc(C(F)(C(F)(F)F)C(F)(F)F)c3cccnc23)cc1. The molecule has 0 bridgehead atoms. The van der Waals surface area contributed by atoms with Gasteiger partial charge in [0, 0.05) is 22.7 Å². The summed E-state index contributed by atoms with van der Waals surface area (Å²) in [5.74, 6) is -0.243. The minimum absolute atomic E-state index is 0.138. The van der Waals surface area contributed by atoms with Crippen LogP contribution in [0.2, 0.25) is 0 Å². The van der Waals surface area contributed by atoms with Crippen molar-refractivity contribution in [1.82, 2.24) is 4.98 Å². The first-order valence-corrected chi connectivity index (χ1v) is 8.56. The van der Waals surface area contributed by atoms with Gasteiger partial charge >= 0.3 is 18.0 Å². The first-order chi connectivity index (χ1) is 14.4. The molecule has 11 heteroatoms. The van der Waals surface area contributed by atoms with Crippen LogP contribution in [0, 0.1) is 0 Å². The highest BCUT2D eigenvalue weighted by molar-refractivity contribution is 6.08. The molecule has 0 saturated heterocycles. The molecule has 1 heterocycles. The number of hydrogen-bond donors (Lipinski definition) is 1. The van der Waals surface area contributed by atoms with Crippen LogP contribution in [0.25, 0.3) is 10.9 Å². The zero-order chi connectivity index (χ0) is 23.0. The number of nitrogens with zero attached hydrogens (tertiary/aromatic N) is 1. The zero-order valence-corrected chi connectivity index (χ0v) is 15.6. The fourth-order valence-electron chi connectivity index (χ4n) is 2.98. The molecule has 164 valence electrons. The Balaban J connectivity index is 2.10. The Morgan fingerprint density at radius 1 is 0.903 bits per heavy atom. The number of halogens is 7. The van der Waals surface area contributed by atoms with Gasteiger partial charge in [-0.3, -0.25) is 9.78 Å². The van der Waals surface area contributed by atoms with E-state index < -0.39 is 40.4 Å². The van der Waals surface area contributed by atoms with E-state index in [2.05, 4.69) is 10.3 Å². The van der Waals surface area contributed by atoms with Gasteiger partial charge in [-0.2, -0.15) is 26.3 Å². The van der Waals surface area contributed by atoms with Crippen molar-refractivity contribution in [3.63, 3.8) is 0 Å². The lowest BCUT2D eigenvalue weighted by Crippen LogP contribution is -2.50. The molecule has 4 nitrogen and oxygen atoms in total. The Bertz CT molecular complexity index is 1100. The summed E-state index contributed by atoms with van der Waals surface area (Å²) < 4.78 is 98.9. The second-order valence-electron chi connectivity index (χ2n) is 6.40. The molecule has 0 atom stereocenters. The highest BCUT2D eigenvalue weighted by Gasteiger charge is 2.74. The number of pyridine rings is 1. The van der Waals surface area contributed by atoms with Crippen molar-refractivity contribution in [2.75, 3.05) is 12.4 Å². The third-order valence-electron chi connectivity index (χ3n) is 4.52. The van der Waals surface area contributed by atoms with Gasteiger partial charge in [-0.05, 0) is 36.4 Å². The summed E-state index contributed by atoms with van der Waals surface area (Å²) in [5.41, 5.74) is -7.78. The van der Waals surface area contributed by atoms with Crippen molar-refractivity contribution < 1.29 is 40.3 Å². The predicted octanol–water partition coefficient (Wildman–Crippen LogP) is 5.79. The topological polar surface area (TPSA) is 51.2 Å². The van der Waals surface area contributed by atoms with Crippen molar-refractivity contribution in [1.29, 1.82) is 0 Å². The van der Waals surface area contributed by atoms with Crippen LogP contribution in [-0.4, -0.2) is 30.4 Å². The van der Waals surface area contributed by atoms with Gasteiger partial charge in [0.1, 0.15) is 5.75 Å². The monoisotopic (exact) mass is 446 g/mol. The van der Waals surface area contributed by atoms with Gasteiger partial charge in [-0.25, -0.2) is 4.39 Å². The van der Waals surface area contributed by atoms with Gasteiger partial charge in [-0.15, -0.1) is 0 Å². The van der Waals surface area contributed by atoms with Crippen LogP contribution >= 0.6 is 0 Å².